The Kier molecular flexibility index (Phi) is 8.39. The second-order valence-electron chi connectivity index (χ2n) is 4.47. The van der Waals surface area contributed by atoms with Crippen LogP contribution in [0.3, 0.4) is 0 Å². The molecule has 0 aliphatic carbocycles. The van der Waals surface area contributed by atoms with E-state index >= 15 is 0 Å². The van der Waals surface area contributed by atoms with Crippen molar-refractivity contribution in [2.45, 2.75) is 41.3 Å². The number of hydrogen-bond acceptors (Lipinski definition) is 4. The number of rotatable bonds is 8. The highest BCUT2D eigenvalue weighted by atomic mass is 36.2. The highest BCUT2D eigenvalue weighted by Gasteiger charge is 2.62. The predicted octanol–water partition coefficient (Wildman–Crippen LogP) is 5.01. The van der Waals surface area contributed by atoms with Crippen molar-refractivity contribution in [3.63, 3.8) is 0 Å². The first-order valence-corrected chi connectivity index (χ1v) is 13.2. The fourth-order valence-corrected chi connectivity index (χ4v) is 6.58. The molecule has 0 aromatic carbocycles. The highest BCUT2D eigenvalue weighted by Crippen LogP contribution is 2.63. The molecule has 0 N–H and O–H groups in total. The zero-order valence-corrected chi connectivity index (χ0v) is 16.1. The molecule has 0 atom stereocenters. The minimum absolute atomic E-state index is 0.0135. The Labute approximate surface area is 149 Å². The molecule has 0 amide bonds. The Balaban J connectivity index is 5.35. The van der Waals surface area contributed by atoms with Gasteiger partial charge in [0.1, 0.15) is 0 Å². The van der Waals surface area contributed by atoms with Crippen LogP contribution in [0.2, 0.25) is 0 Å². The minimum atomic E-state index is -6.58. The molecule has 4 nitrogen and oxygen atoms in total. The zero-order valence-electron chi connectivity index (χ0n) is 11.4. The normalized spacial score (nSPS) is 15.8. The lowest BCUT2D eigenvalue weighted by Crippen LogP contribution is -2.44. The van der Waals surface area contributed by atoms with E-state index in [4.69, 9.17) is 32.0 Å². The quantitative estimate of drug-likeness (QED) is 0.357. The molecule has 24 heavy (non-hydrogen) atoms. The molecule has 0 saturated carbocycles. The van der Waals surface area contributed by atoms with Crippen LogP contribution in [-0.2, 0) is 19.7 Å². The van der Waals surface area contributed by atoms with Crippen molar-refractivity contribution in [1.29, 1.82) is 0 Å². The summed E-state index contributed by atoms with van der Waals surface area (Å²) >= 11 is 0. The molecule has 0 spiro atoms. The zero-order chi connectivity index (χ0) is 19.6. The molecule has 0 fully saturated rings. The first kappa shape index (κ1) is 24.7. The van der Waals surface area contributed by atoms with E-state index in [1.165, 1.54) is 0 Å². The van der Waals surface area contributed by atoms with E-state index in [1.807, 2.05) is 0 Å². The van der Waals surface area contributed by atoms with Gasteiger partial charge < -0.3 is 0 Å². The second kappa shape index (κ2) is 8.15. The molecule has 0 aromatic rings. The van der Waals surface area contributed by atoms with E-state index in [-0.39, 0.29) is 18.6 Å². The van der Waals surface area contributed by atoms with Gasteiger partial charge in [-0.25, -0.2) is 16.8 Å². The van der Waals surface area contributed by atoms with E-state index < -0.39 is 55.8 Å². The average Bonchev–Trinajstić information content (AvgIpc) is 2.28. The Bertz CT molecular complexity index is 579. The van der Waals surface area contributed by atoms with Gasteiger partial charge in [-0.1, -0.05) is 12.8 Å². The summed E-state index contributed by atoms with van der Waals surface area (Å²) < 4.78 is 116. The van der Waals surface area contributed by atoms with Gasteiger partial charge in [0.15, 0.2) is 4.58 Å². The van der Waals surface area contributed by atoms with E-state index in [0.717, 1.165) is 0 Å². The molecule has 0 aromatic heterocycles. The lowest BCUT2D eigenvalue weighted by molar-refractivity contribution is -0.0472. The number of halogens is 9. The monoisotopic (exact) mass is 486 g/mol. The van der Waals surface area contributed by atoms with E-state index in [9.17, 15) is 43.2 Å². The molecular formula is C8H11Cl3F6O4S3. The fraction of sp³-hybridized carbons (Fsp3) is 1.00. The molecule has 0 unspecified atom stereocenters. The van der Waals surface area contributed by atoms with E-state index in [0.29, 0.717) is 0 Å². The van der Waals surface area contributed by atoms with Gasteiger partial charge >= 0.3 is 11.0 Å². The van der Waals surface area contributed by atoms with Crippen LogP contribution in [0.15, 0.2) is 0 Å². The van der Waals surface area contributed by atoms with E-state index in [1.54, 1.807) is 0 Å². The van der Waals surface area contributed by atoms with Gasteiger partial charge in [-0.15, -0.1) is 0 Å². The molecule has 0 heterocycles. The lowest BCUT2D eigenvalue weighted by atomic mass is 10.2. The SMILES string of the molecule is O=S(=O)(C(CCCCCS(Cl)(Cl)Cl)S(=O)(=O)C(F)(F)F)C(F)(F)F. The molecule has 0 bridgehead atoms. The van der Waals surface area contributed by atoms with Crippen LogP contribution in [-0.4, -0.2) is 38.2 Å². The van der Waals surface area contributed by atoms with Crippen molar-refractivity contribution in [2.75, 3.05) is 5.75 Å². The number of alkyl halides is 6. The van der Waals surface area contributed by atoms with Crippen LogP contribution < -0.4 is 0 Å². The number of hydrogen-bond donors (Lipinski definition) is 0. The summed E-state index contributed by atoms with van der Waals surface area (Å²) in [5.74, 6) is -0.0135. The third-order valence-electron chi connectivity index (χ3n) is 2.65. The molecule has 0 radical (unpaired) electrons. The summed E-state index contributed by atoms with van der Waals surface area (Å²) in [4.78, 5) is 0. The van der Waals surface area contributed by atoms with Gasteiger partial charge in [-0.05, 0) is 52.6 Å². The first-order valence-electron chi connectivity index (χ1n) is 5.84. The molecule has 0 aliphatic rings. The molecule has 0 rings (SSSR count). The van der Waals surface area contributed by atoms with Crippen molar-refractivity contribution in [1.82, 2.24) is 0 Å². The Morgan fingerprint density at radius 1 is 0.708 bits per heavy atom. The standard InChI is InChI=1S/C8H11Cl3F6O4S3/c9-22(10,11)5-3-1-2-4-6(23(18,19)7(12,13)14)24(20,21)8(15,16)17/h6H,1-5H2. The summed E-state index contributed by atoms with van der Waals surface area (Å²) in [6.07, 6.45) is -1.97. The average molecular weight is 488 g/mol. The van der Waals surface area contributed by atoms with Crippen LogP contribution in [0.4, 0.5) is 26.3 Å². The maximum Gasteiger partial charge on any atom is 0.498 e. The topological polar surface area (TPSA) is 68.3 Å². The van der Waals surface area contributed by atoms with Gasteiger partial charge in [-0.2, -0.15) is 26.3 Å². The van der Waals surface area contributed by atoms with Crippen LogP contribution in [0.25, 0.3) is 0 Å². The summed E-state index contributed by atoms with van der Waals surface area (Å²) in [5, 5.41) is 0. The first-order chi connectivity index (χ1) is 10.3. The Morgan fingerprint density at radius 2 is 1.08 bits per heavy atom. The maximum atomic E-state index is 12.5. The summed E-state index contributed by atoms with van der Waals surface area (Å²) in [6.45, 7) is 0. The number of sulfone groups is 2. The second-order valence-corrected chi connectivity index (χ2v) is 16.6. The lowest BCUT2D eigenvalue weighted by Gasteiger charge is -2.21. The van der Waals surface area contributed by atoms with E-state index in [2.05, 4.69) is 0 Å². The predicted molar refractivity (Wildman–Crippen MR) is 82.2 cm³/mol. The minimum Gasteiger partial charge on any atom is -0.218 e. The molecule has 148 valence electrons. The summed E-state index contributed by atoms with van der Waals surface area (Å²) in [6, 6.07) is 0. The number of unbranched alkanes of at least 4 members (excludes halogenated alkanes) is 2. The van der Waals surface area contributed by atoms with Crippen LogP contribution >= 0.6 is 39.7 Å². The van der Waals surface area contributed by atoms with Gasteiger partial charge in [0.2, 0.25) is 0 Å². The van der Waals surface area contributed by atoms with Crippen molar-refractivity contribution in [2.24, 2.45) is 0 Å². The van der Waals surface area contributed by atoms with Crippen molar-refractivity contribution in [3.8, 4) is 0 Å². The molecule has 16 heteroatoms. The van der Waals surface area contributed by atoms with Crippen LogP contribution in [0.1, 0.15) is 25.7 Å². The summed E-state index contributed by atoms with van der Waals surface area (Å²) in [5.41, 5.74) is -12.3. The third-order valence-corrected chi connectivity index (χ3v) is 9.46. The van der Waals surface area contributed by atoms with Gasteiger partial charge in [0.25, 0.3) is 19.7 Å². The highest BCUT2D eigenvalue weighted by molar-refractivity contribution is 8.79. The van der Waals surface area contributed by atoms with Crippen molar-refractivity contribution >= 4 is 59.4 Å². The Hall–Kier alpha value is 0.700. The van der Waals surface area contributed by atoms with Gasteiger partial charge in [0, 0.05) is 5.75 Å². The maximum absolute atomic E-state index is 12.5. The third kappa shape index (κ3) is 6.78. The van der Waals surface area contributed by atoms with Crippen molar-refractivity contribution < 1.29 is 43.2 Å². The van der Waals surface area contributed by atoms with Crippen LogP contribution in [0, 0.1) is 0 Å². The smallest absolute Gasteiger partial charge is 0.218 e. The van der Waals surface area contributed by atoms with Crippen molar-refractivity contribution in [3.05, 3.63) is 0 Å². The molecule has 0 saturated heterocycles. The molecular weight excluding hydrogens is 477 g/mol. The van der Waals surface area contributed by atoms with Gasteiger partial charge in [0.05, 0.1) is 0 Å². The largest absolute Gasteiger partial charge is 0.498 e. The Morgan fingerprint density at radius 3 is 1.38 bits per heavy atom. The summed E-state index contributed by atoms with van der Waals surface area (Å²) in [7, 11) is 0.733. The fourth-order valence-electron chi connectivity index (χ4n) is 1.53. The van der Waals surface area contributed by atoms with Gasteiger partial charge in [-0.3, -0.25) is 0 Å². The van der Waals surface area contributed by atoms with Crippen LogP contribution in [0.5, 0.6) is 0 Å². The molecule has 0 aliphatic heterocycles.